The molecular weight excluding hydrogens is 483 g/mol. The number of carbonyl (C=O) groups is 1. The molecule has 0 unspecified atom stereocenters. The van der Waals surface area contributed by atoms with Crippen LogP contribution in [0.5, 0.6) is 0 Å². The minimum atomic E-state index is -4.63. The minimum absolute atomic E-state index is 0.0343. The number of benzene rings is 1. The Bertz CT molecular complexity index is 1440. The maximum Gasteiger partial charge on any atom is 0.433 e. The van der Waals surface area contributed by atoms with Crippen molar-refractivity contribution in [3.05, 3.63) is 59.4 Å². The molecule has 0 bridgehead atoms. The zero-order chi connectivity index (χ0) is 26.3. The van der Waals surface area contributed by atoms with Crippen LogP contribution in [0.4, 0.5) is 13.2 Å². The van der Waals surface area contributed by atoms with Crippen LogP contribution in [0.2, 0.25) is 0 Å². The summed E-state index contributed by atoms with van der Waals surface area (Å²) < 4.78 is 43.4. The number of aryl methyl sites for hydroxylation is 1. The Labute approximate surface area is 211 Å². The number of hydrogen-bond donors (Lipinski definition) is 2. The average molecular weight is 512 g/mol. The maximum absolute atomic E-state index is 13.8. The first-order valence-corrected chi connectivity index (χ1v) is 12.3. The lowest BCUT2D eigenvalue weighted by Crippen LogP contribution is -2.25. The molecule has 1 aliphatic rings. The Balaban J connectivity index is 1.61. The van der Waals surface area contributed by atoms with Crippen LogP contribution in [0.15, 0.2) is 36.7 Å². The van der Waals surface area contributed by atoms with Gasteiger partial charge in [-0.3, -0.25) is 9.89 Å². The second-order valence-electron chi connectivity index (χ2n) is 9.82. The first-order chi connectivity index (χ1) is 17.6. The maximum atomic E-state index is 13.8. The van der Waals surface area contributed by atoms with Gasteiger partial charge in [0.05, 0.1) is 11.2 Å². The van der Waals surface area contributed by atoms with Crippen LogP contribution in [0, 0.1) is 5.92 Å². The summed E-state index contributed by atoms with van der Waals surface area (Å²) in [6, 6.07) is 8.81. The van der Waals surface area contributed by atoms with Crippen molar-refractivity contribution >= 4 is 16.8 Å². The molecule has 8 nitrogen and oxygen atoms in total. The highest BCUT2D eigenvalue weighted by Gasteiger charge is 2.35. The van der Waals surface area contributed by atoms with Gasteiger partial charge in [-0.15, -0.1) is 10.2 Å². The predicted octanol–water partition coefficient (Wildman–Crippen LogP) is 4.94. The largest absolute Gasteiger partial charge is 0.433 e. The van der Waals surface area contributed by atoms with Crippen molar-refractivity contribution in [2.75, 3.05) is 6.54 Å². The van der Waals surface area contributed by atoms with Gasteiger partial charge in [0.15, 0.2) is 0 Å². The molecule has 2 N–H and O–H groups in total. The summed E-state index contributed by atoms with van der Waals surface area (Å²) in [6.45, 7) is 3.24. The van der Waals surface area contributed by atoms with Crippen molar-refractivity contribution in [2.45, 2.75) is 51.1 Å². The first-order valence-electron chi connectivity index (χ1n) is 12.3. The molecule has 1 aromatic carbocycles. The zero-order valence-electron chi connectivity index (χ0n) is 20.8. The molecule has 1 fully saturated rings. The van der Waals surface area contributed by atoms with Gasteiger partial charge in [-0.05, 0) is 36.5 Å². The molecule has 0 aliphatic heterocycles. The fraction of sp³-hybridized carbons (Fsp3) is 0.423. The first kappa shape index (κ1) is 24.9. The Kier molecular flexibility index (Phi) is 6.47. The van der Waals surface area contributed by atoms with Crippen molar-refractivity contribution < 1.29 is 18.0 Å². The van der Waals surface area contributed by atoms with E-state index < -0.39 is 17.8 Å². The van der Waals surface area contributed by atoms with E-state index in [9.17, 15) is 18.0 Å². The lowest BCUT2D eigenvalue weighted by Gasteiger charge is -2.33. The Hall–Kier alpha value is -3.76. The number of alkyl halides is 3. The molecule has 5 rings (SSSR count). The number of halogens is 3. The summed E-state index contributed by atoms with van der Waals surface area (Å²) in [6.07, 6.45) is 0.386. The summed E-state index contributed by atoms with van der Waals surface area (Å²) in [7, 11) is 1.92. The van der Waals surface area contributed by atoms with Gasteiger partial charge in [0.25, 0.3) is 0 Å². The van der Waals surface area contributed by atoms with E-state index >= 15 is 0 Å². The van der Waals surface area contributed by atoms with Crippen LogP contribution < -0.4 is 5.32 Å². The van der Waals surface area contributed by atoms with Crippen molar-refractivity contribution in [2.24, 2.45) is 13.0 Å². The standard InChI is InChI=1S/C26H28F3N7O/c1-14(12-30-15(2)37)22-24-19(11-20(32-22)26(27,28)29)23(33-34-24)18-9-5-8-17(10-18)21(16-6-4-7-16)25-35-31-13-36(25)3/h5,8-11,13-14,16,21H,4,6-7,12H2,1-3H3,(H,30,37)(H,33,34)/t14-,21-/m1/s1. The van der Waals surface area contributed by atoms with Gasteiger partial charge >= 0.3 is 6.18 Å². The number of nitrogens with zero attached hydrogens (tertiary/aromatic N) is 5. The summed E-state index contributed by atoms with van der Waals surface area (Å²) in [5, 5.41) is 18.8. The van der Waals surface area contributed by atoms with Crippen LogP contribution in [-0.4, -0.2) is 42.4 Å². The Morgan fingerprint density at radius 3 is 2.68 bits per heavy atom. The quantitative estimate of drug-likeness (QED) is 0.366. The molecule has 1 amide bonds. The predicted molar refractivity (Wildman–Crippen MR) is 132 cm³/mol. The third-order valence-corrected chi connectivity index (χ3v) is 7.16. The Morgan fingerprint density at radius 1 is 1.27 bits per heavy atom. The van der Waals surface area contributed by atoms with Crippen molar-refractivity contribution in [1.29, 1.82) is 0 Å². The highest BCUT2D eigenvalue weighted by atomic mass is 19.4. The minimum Gasteiger partial charge on any atom is -0.356 e. The molecule has 3 heterocycles. The fourth-order valence-electron chi connectivity index (χ4n) is 5.01. The van der Waals surface area contributed by atoms with Gasteiger partial charge in [-0.1, -0.05) is 31.5 Å². The van der Waals surface area contributed by atoms with Gasteiger partial charge < -0.3 is 9.88 Å². The fourth-order valence-corrected chi connectivity index (χ4v) is 5.01. The van der Waals surface area contributed by atoms with Gasteiger partial charge in [0.2, 0.25) is 5.91 Å². The Morgan fingerprint density at radius 2 is 2.05 bits per heavy atom. The van der Waals surface area contributed by atoms with E-state index in [0.29, 0.717) is 28.1 Å². The molecule has 0 saturated heterocycles. The van der Waals surface area contributed by atoms with Crippen molar-refractivity contribution in [3.63, 3.8) is 0 Å². The van der Waals surface area contributed by atoms with Crippen LogP contribution in [0.25, 0.3) is 22.2 Å². The number of nitrogens with one attached hydrogen (secondary N) is 2. The monoisotopic (exact) mass is 511 g/mol. The van der Waals surface area contributed by atoms with E-state index in [1.165, 1.54) is 6.92 Å². The summed E-state index contributed by atoms with van der Waals surface area (Å²) >= 11 is 0. The van der Waals surface area contributed by atoms with E-state index in [1.54, 1.807) is 13.3 Å². The lowest BCUT2D eigenvalue weighted by atomic mass is 9.72. The number of pyridine rings is 1. The molecule has 1 saturated carbocycles. The summed E-state index contributed by atoms with van der Waals surface area (Å²) in [5.41, 5.74) is 1.79. The summed E-state index contributed by atoms with van der Waals surface area (Å²) in [5.74, 6) is 0.600. The normalized spacial score (nSPS) is 15.9. The topological polar surface area (TPSA) is 101 Å². The molecule has 37 heavy (non-hydrogen) atoms. The zero-order valence-corrected chi connectivity index (χ0v) is 20.8. The molecule has 1 aliphatic carbocycles. The number of aromatic amines is 1. The highest BCUT2D eigenvalue weighted by Crippen LogP contribution is 2.44. The molecule has 3 aromatic heterocycles. The second-order valence-corrected chi connectivity index (χ2v) is 9.82. The van der Waals surface area contributed by atoms with Crippen molar-refractivity contribution in [3.8, 4) is 11.3 Å². The van der Waals surface area contributed by atoms with Crippen LogP contribution in [0.3, 0.4) is 0 Å². The molecule has 194 valence electrons. The number of rotatable bonds is 7. The summed E-state index contributed by atoms with van der Waals surface area (Å²) in [4.78, 5) is 15.3. The average Bonchev–Trinajstić information content (AvgIpc) is 3.44. The number of aromatic nitrogens is 6. The number of H-pyrrole nitrogens is 1. The molecule has 11 heteroatoms. The second kappa shape index (κ2) is 9.60. The molecule has 0 radical (unpaired) electrons. The van der Waals surface area contributed by atoms with Crippen LogP contribution >= 0.6 is 0 Å². The van der Waals surface area contributed by atoms with Gasteiger partial charge in [-0.25, -0.2) is 4.98 Å². The molecular formula is C26H28F3N7O. The number of hydrogen-bond acceptors (Lipinski definition) is 5. The van der Waals surface area contributed by atoms with Crippen LogP contribution in [0.1, 0.15) is 67.7 Å². The van der Waals surface area contributed by atoms with E-state index in [0.717, 1.165) is 36.7 Å². The van der Waals surface area contributed by atoms with Gasteiger partial charge in [0.1, 0.15) is 23.5 Å². The third kappa shape index (κ3) is 4.82. The molecule has 4 aromatic rings. The van der Waals surface area contributed by atoms with Crippen molar-refractivity contribution in [1.82, 2.24) is 35.3 Å². The third-order valence-electron chi connectivity index (χ3n) is 7.16. The molecule has 2 atom stereocenters. The van der Waals surface area contributed by atoms with Crippen LogP contribution in [-0.2, 0) is 18.0 Å². The van der Waals surface area contributed by atoms with Gasteiger partial charge in [0, 0.05) is 43.3 Å². The van der Waals surface area contributed by atoms with E-state index in [4.69, 9.17) is 0 Å². The van der Waals surface area contributed by atoms with E-state index in [1.807, 2.05) is 35.9 Å². The smallest absolute Gasteiger partial charge is 0.356 e. The highest BCUT2D eigenvalue weighted by molar-refractivity contribution is 5.94. The van der Waals surface area contributed by atoms with E-state index in [2.05, 4.69) is 30.7 Å². The number of carbonyl (C=O) groups excluding carboxylic acids is 1. The SMILES string of the molecule is CC(=O)NC[C@@H](C)c1nc(C(F)(F)F)cc2c(-c3cccc([C@H](c4nncn4C)C4CCC4)c3)n[nH]c12. The number of fused-ring (bicyclic) bond motifs is 1. The lowest BCUT2D eigenvalue weighted by molar-refractivity contribution is -0.141. The van der Waals surface area contributed by atoms with Gasteiger partial charge in [-0.2, -0.15) is 18.3 Å². The molecule has 0 spiro atoms. The number of amides is 1. The van der Waals surface area contributed by atoms with E-state index in [-0.39, 0.29) is 24.1 Å².